The van der Waals surface area contributed by atoms with Crippen LogP contribution in [0.3, 0.4) is 0 Å². The van der Waals surface area contributed by atoms with Gasteiger partial charge in [0.2, 0.25) is 0 Å². The van der Waals surface area contributed by atoms with E-state index in [1.165, 1.54) is 25.7 Å². The van der Waals surface area contributed by atoms with Gasteiger partial charge in [-0.15, -0.1) is 0 Å². The monoisotopic (exact) mass is 264 g/mol. The molecule has 100 valence electrons. The van der Waals surface area contributed by atoms with Gasteiger partial charge in [-0.1, -0.05) is 31.2 Å². The zero-order valence-corrected chi connectivity index (χ0v) is 12.7. The summed E-state index contributed by atoms with van der Waals surface area (Å²) in [6.07, 6.45) is 7.40. The van der Waals surface area contributed by atoms with Gasteiger partial charge in [0.25, 0.3) is 8.32 Å². The lowest BCUT2D eigenvalue weighted by Gasteiger charge is -2.35. The summed E-state index contributed by atoms with van der Waals surface area (Å²) in [7, 11) is -2.09. The first-order valence-electron chi connectivity index (χ1n) is 6.99. The van der Waals surface area contributed by atoms with Crippen molar-refractivity contribution in [2.45, 2.75) is 51.6 Å². The molecule has 2 saturated carbocycles. The SMILES string of the molecule is C=C(C)C(=O)O[Si](C)(/C=C/C)C1CC2CCC1C2. The third kappa shape index (κ3) is 2.46. The molecule has 0 aromatic carbocycles. The fourth-order valence-electron chi connectivity index (χ4n) is 3.80. The van der Waals surface area contributed by atoms with Crippen molar-refractivity contribution in [2.75, 3.05) is 0 Å². The van der Waals surface area contributed by atoms with Crippen LogP contribution in [-0.2, 0) is 9.22 Å². The number of hydrogen-bond donors (Lipinski definition) is 0. The van der Waals surface area contributed by atoms with Crippen molar-refractivity contribution in [3.8, 4) is 0 Å². The predicted molar refractivity (Wildman–Crippen MR) is 76.5 cm³/mol. The first kappa shape index (κ1) is 13.6. The average molecular weight is 264 g/mol. The van der Waals surface area contributed by atoms with E-state index in [4.69, 9.17) is 4.43 Å². The molecule has 2 aliphatic carbocycles. The first-order valence-corrected chi connectivity index (χ1v) is 9.55. The lowest BCUT2D eigenvalue weighted by atomic mass is 10.0. The van der Waals surface area contributed by atoms with E-state index in [1.807, 2.05) is 6.92 Å². The van der Waals surface area contributed by atoms with Crippen molar-refractivity contribution in [2.24, 2.45) is 11.8 Å². The normalized spacial score (nSPS) is 33.6. The Hall–Kier alpha value is -0.833. The van der Waals surface area contributed by atoms with Gasteiger partial charge in [-0.2, -0.15) is 0 Å². The third-order valence-electron chi connectivity index (χ3n) is 4.63. The first-order chi connectivity index (χ1) is 8.46. The molecule has 0 heterocycles. The van der Waals surface area contributed by atoms with Gasteiger partial charge >= 0.3 is 5.97 Å². The lowest BCUT2D eigenvalue weighted by Crippen LogP contribution is -2.43. The standard InChI is InChI=1S/C15H24O2Si/c1-5-8-18(4,17-15(16)11(2)3)14-10-12-6-7-13(14)9-12/h5,8,12-14H,2,6-7,9-10H2,1,3-4H3/b8-5+. The molecule has 2 nitrogen and oxygen atoms in total. The van der Waals surface area contributed by atoms with Crippen molar-refractivity contribution < 1.29 is 9.22 Å². The molecule has 0 saturated heterocycles. The van der Waals surface area contributed by atoms with E-state index in [-0.39, 0.29) is 5.97 Å². The van der Waals surface area contributed by atoms with Crippen LogP contribution in [0, 0.1) is 11.8 Å². The third-order valence-corrected chi connectivity index (χ3v) is 8.43. The second kappa shape index (κ2) is 5.04. The Balaban J connectivity index is 2.16. The molecule has 2 rings (SSSR count). The highest BCUT2D eigenvalue weighted by Gasteiger charge is 2.51. The van der Waals surface area contributed by atoms with Crippen molar-refractivity contribution in [1.82, 2.24) is 0 Å². The highest BCUT2D eigenvalue weighted by Crippen LogP contribution is 2.55. The molecule has 0 aromatic heterocycles. The van der Waals surface area contributed by atoms with E-state index >= 15 is 0 Å². The van der Waals surface area contributed by atoms with E-state index in [9.17, 15) is 4.79 Å². The van der Waals surface area contributed by atoms with Crippen molar-refractivity contribution in [3.05, 3.63) is 23.9 Å². The van der Waals surface area contributed by atoms with Gasteiger partial charge in [-0.3, -0.25) is 0 Å². The summed E-state index contributed by atoms with van der Waals surface area (Å²) in [5, 5.41) is 0. The minimum atomic E-state index is -2.09. The van der Waals surface area contributed by atoms with E-state index < -0.39 is 8.32 Å². The van der Waals surface area contributed by atoms with Crippen molar-refractivity contribution >= 4 is 14.3 Å². The van der Waals surface area contributed by atoms with E-state index in [1.54, 1.807) is 6.92 Å². The summed E-state index contributed by atoms with van der Waals surface area (Å²) in [5.74, 6) is 1.48. The van der Waals surface area contributed by atoms with E-state index in [0.29, 0.717) is 11.1 Å². The van der Waals surface area contributed by atoms with Crippen LogP contribution in [-0.4, -0.2) is 14.3 Å². The molecule has 0 aromatic rings. The highest BCUT2D eigenvalue weighted by atomic mass is 28.4. The largest absolute Gasteiger partial charge is 0.512 e. The van der Waals surface area contributed by atoms with Gasteiger partial charge in [0.15, 0.2) is 0 Å². The van der Waals surface area contributed by atoms with Gasteiger partial charge in [-0.05, 0) is 50.6 Å². The second-order valence-electron chi connectivity index (χ2n) is 6.14. The Morgan fingerprint density at radius 2 is 2.11 bits per heavy atom. The fraction of sp³-hybridized carbons (Fsp3) is 0.667. The molecule has 0 aliphatic heterocycles. The molecule has 0 amide bonds. The number of fused-ring (bicyclic) bond motifs is 2. The molecule has 2 aliphatic rings. The van der Waals surface area contributed by atoms with Crippen LogP contribution in [0.4, 0.5) is 0 Å². The van der Waals surface area contributed by atoms with Crippen LogP contribution < -0.4 is 0 Å². The zero-order valence-electron chi connectivity index (χ0n) is 11.7. The molecule has 18 heavy (non-hydrogen) atoms. The Labute approximate surface area is 111 Å². The Kier molecular flexibility index (Phi) is 3.81. The fourth-order valence-corrected chi connectivity index (χ4v) is 7.54. The molecule has 4 unspecified atom stereocenters. The Bertz CT molecular complexity index is 388. The molecule has 0 radical (unpaired) electrons. The second-order valence-corrected chi connectivity index (χ2v) is 9.78. The molecule has 2 bridgehead atoms. The van der Waals surface area contributed by atoms with E-state index in [2.05, 4.69) is 24.9 Å². The number of allylic oxidation sites excluding steroid dienone is 1. The maximum Gasteiger partial charge on any atom is 0.320 e. The summed E-state index contributed by atoms with van der Waals surface area (Å²) in [4.78, 5) is 11.9. The predicted octanol–water partition coefficient (Wildman–Crippen LogP) is 3.99. The van der Waals surface area contributed by atoms with E-state index in [0.717, 1.165) is 11.8 Å². The molecule has 0 spiro atoms. The quantitative estimate of drug-likeness (QED) is 0.567. The van der Waals surface area contributed by atoms with Crippen LogP contribution in [0.1, 0.15) is 39.5 Å². The van der Waals surface area contributed by atoms with Crippen LogP contribution in [0.15, 0.2) is 23.9 Å². The highest BCUT2D eigenvalue weighted by molar-refractivity contribution is 6.80. The molecular formula is C15H24O2Si. The number of rotatable bonds is 4. The minimum absolute atomic E-state index is 0.204. The minimum Gasteiger partial charge on any atom is -0.512 e. The number of hydrogen-bond acceptors (Lipinski definition) is 2. The van der Waals surface area contributed by atoms with Gasteiger partial charge < -0.3 is 4.43 Å². The summed E-state index contributed by atoms with van der Waals surface area (Å²) < 4.78 is 5.89. The molecular weight excluding hydrogens is 240 g/mol. The van der Waals surface area contributed by atoms with Crippen LogP contribution >= 0.6 is 0 Å². The topological polar surface area (TPSA) is 26.3 Å². The van der Waals surface area contributed by atoms with Gasteiger partial charge in [-0.25, -0.2) is 4.79 Å². The summed E-state index contributed by atoms with van der Waals surface area (Å²) in [5.41, 5.74) is 3.33. The van der Waals surface area contributed by atoms with Crippen molar-refractivity contribution in [3.63, 3.8) is 0 Å². The maximum atomic E-state index is 11.9. The summed E-state index contributed by atoms with van der Waals surface area (Å²) in [6, 6.07) is 0. The smallest absolute Gasteiger partial charge is 0.320 e. The number of carbonyl (C=O) groups excluding carboxylic acids is 1. The van der Waals surface area contributed by atoms with Crippen LogP contribution in [0.2, 0.25) is 12.1 Å². The Morgan fingerprint density at radius 3 is 2.56 bits per heavy atom. The maximum absolute atomic E-state index is 11.9. The molecule has 4 atom stereocenters. The van der Waals surface area contributed by atoms with Gasteiger partial charge in [0.05, 0.1) is 0 Å². The number of carbonyl (C=O) groups is 1. The summed E-state index contributed by atoms with van der Waals surface area (Å²) in [6.45, 7) is 9.64. The summed E-state index contributed by atoms with van der Waals surface area (Å²) >= 11 is 0. The molecule has 3 heteroatoms. The van der Waals surface area contributed by atoms with Gasteiger partial charge in [0, 0.05) is 5.57 Å². The van der Waals surface area contributed by atoms with Gasteiger partial charge in [0.1, 0.15) is 0 Å². The van der Waals surface area contributed by atoms with Crippen LogP contribution in [0.25, 0.3) is 0 Å². The molecule has 0 N–H and O–H groups in total. The van der Waals surface area contributed by atoms with Crippen LogP contribution in [0.5, 0.6) is 0 Å². The molecule has 2 fully saturated rings. The zero-order chi connectivity index (χ0) is 13.3. The lowest BCUT2D eigenvalue weighted by molar-refractivity contribution is -0.130. The average Bonchev–Trinajstić information content (AvgIpc) is 2.90. The van der Waals surface area contributed by atoms with Crippen molar-refractivity contribution in [1.29, 1.82) is 0 Å². The Morgan fingerprint density at radius 1 is 1.39 bits per heavy atom.